The van der Waals surface area contributed by atoms with Crippen LogP contribution < -0.4 is 11.1 Å². The Morgan fingerprint density at radius 1 is 1.00 bits per heavy atom. The van der Waals surface area contributed by atoms with Crippen LogP contribution in [0.5, 0.6) is 5.75 Å². The molecule has 6 N–H and O–H groups in total. The van der Waals surface area contributed by atoms with Crippen molar-refractivity contribution in [3.8, 4) is 5.75 Å². The van der Waals surface area contributed by atoms with Crippen LogP contribution in [0.2, 0.25) is 0 Å². The van der Waals surface area contributed by atoms with Gasteiger partial charge in [-0.25, -0.2) is 9.59 Å². The van der Waals surface area contributed by atoms with Crippen LogP contribution in [-0.2, 0) is 0 Å². The third-order valence-electron chi connectivity index (χ3n) is 4.22. The summed E-state index contributed by atoms with van der Waals surface area (Å²) in [5.41, 5.74) is 5.61. The number of carboxylic acids is 1. The lowest BCUT2D eigenvalue weighted by atomic mass is 9.92. The Hall–Kier alpha value is -2.80. The molecule has 0 bridgehead atoms. The van der Waals surface area contributed by atoms with Gasteiger partial charge in [-0.1, -0.05) is 30.3 Å². The summed E-state index contributed by atoms with van der Waals surface area (Å²) in [5.74, 6) is -1.31. The molecule has 1 amide bonds. The third kappa shape index (κ3) is 5.09. The minimum absolute atomic E-state index is 0.0388. The molecule has 0 aliphatic heterocycles. The molecule has 0 aromatic heterocycles. The zero-order valence-electron chi connectivity index (χ0n) is 13.7. The number of nitrogens with two attached hydrogens (primary N) is 1. The fourth-order valence-electron chi connectivity index (χ4n) is 2.92. The fraction of sp³-hybridized carbons (Fsp3) is 0.333. The highest BCUT2D eigenvalue weighted by Gasteiger charge is 2.19. The Kier molecular flexibility index (Phi) is 6.19. The molecule has 0 spiro atoms. The average molecular weight is 346 g/mol. The summed E-state index contributed by atoms with van der Waals surface area (Å²) in [6, 6.07) is 10.6. The van der Waals surface area contributed by atoms with Crippen molar-refractivity contribution in [3.05, 3.63) is 42.0 Å². The predicted octanol–water partition coefficient (Wildman–Crippen LogP) is 2.77. The van der Waals surface area contributed by atoms with Gasteiger partial charge in [0.25, 0.3) is 0 Å². The van der Waals surface area contributed by atoms with Gasteiger partial charge in [-0.2, -0.15) is 0 Å². The zero-order valence-corrected chi connectivity index (χ0v) is 13.7. The van der Waals surface area contributed by atoms with Gasteiger partial charge >= 0.3 is 12.1 Å². The molecule has 134 valence electrons. The van der Waals surface area contributed by atoms with Gasteiger partial charge in [0.15, 0.2) is 0 Å². The van der Waals surface area contributed by atoms with E-state index in [0.717, 1.165) is 31.1 Å². The first kappa shape index (κ1) is 18.5. The van der Waals surface area contributed by atoms with Crippen LogP contribution in [-0.4, -0.2) is 39.5 Å². The Labute approximate surface area is 145 Å². The number of hydrogen-bond donors (Lipinski definition) is 5. The first-order valence-electron chi connectivity index (χ1n) is 8.07. The second-order valence-corrected chi connectivity index (χ2v) is 6.05. The van der Waals surface area contributed by atoms with E-state index in [2.05, 4.69) is 5.32 Å². The summed E-state index contributed by atoms with van der Waals surface area (Å²) < 4.78 is 0. The number of phenols is 1. The van der Waals surface area contributed by atoms with Gasteiger partial charge in [-0.15, -0.1) is 0 Å². The first-order valence-corrected chi connectivity index (χ1v) is 8.07. The van der Waals surface area contributed by atoms with E-state index in [1.807, 2.05) is 6.07 Å². The zero-order chi connectivity index (χ0) is 18.4. The van der Waals surface area contributed by atoms with E-state index >= 15 is 0 Å². The first-order chi connectivity index (χ1) is 11.9. The number of aromatic hydroxyl groups is 1. The van der Waals surface area contributed by atoms with Crippen molar-refractivity contribution in [2.24, 2.45) is 5.73 Å². The van der Waals surface area contributed by atoms with E-state index in [9.17, 15) is 14.7 Å². The van der Waals surface area contributed by atoms with Gasteiger partial charge in [0.1, 0.15) is 11.3 Å². The van der Waals surface area contributed by atoms with Crippen molar-refractivity contribution < 1.29 is 24.9 Å². The molecule has 1 fully saturated rings. The third-order valence-corrected chi connectivity index (χ3v) is 4.22. The van der Waals surface area contributed by atoms with Crippen LogP contribution in [0, 0.1) is 0 Å². The molecule has 1 aliphatic carbocycles. The number of benzene rings is 2. The number of rotatable bonds is 2. The van der Waals surface area contributed by atoms with Crippen molar-refractivity contribution in [3.63, 3.8) is 0 Å². The molecule has 7 heteroatoms. The highest BCUT2D eigenvalue weighted by atomic mass is 16.4. The minimum Gasteiger partial charge on any atom is -0.507 e. The smallest absolute Gasteiger partial charge is 0.404 e. The van der Waals surface area contributed by atoms with Crippen LogP contribution in [0.3, 0.4) is 0 Å². The number of fused-ring (bicyclic) bond motifs is 1. The highest BCUT2D eigenvalue weighted by molar-refractivity contribution is 6.06. The quantitative estimate of drug-likeness (QED) is 0.568. The Morgan fingerprint density at radius 3 is 2.24 bits per heavy atom. The summed E-state index contributed by atoms with van der Waals surface area (Å²) in [5, 5.41) is 30.5. The molecule has 7 nitrogen and oxygen atoms in total. The van der Waals surface area contributed by atoms with Crippen molar-refractivity contribution in [2.45, 2.75) is 37.8 Å². The summed E-state index contributed by atoms with van der Waals surface area (Å²) in [6.45, 7) is 0. The Bertz CT molecular complexity index is 754. The van der Waals surface area contributed by atoms with E-state index in [4.69, 9.17) is 15.9 Å². The normalized spacial score (nSPS) is 19.6. The number of aromatic carboxylic acids is 1. The van der Waals surface area contributed by atoms with Crippen molar-refractivity contribution in [2.75, 3.05) is 0 Å². The minimum atomic E-state index is -1.11. The number of nitrogens with one attached hydrogen (secondary N) is 1. The Morgan fingerprint density at radius 2 is 1.64 bits per heavy atom. The molecule has 25 heavy (non-hydrogen) atoms. The lowest BCUT2D eigenvalue weighted by Gasteiger charge is -2.25. The molecule has 0 saturated heterocycles. The van der Waals surface area contributed by atoms with E-state index < -0.39 is 12.1 Å². The average Bonchev–Trinajstić information content (AvgIpc) is 2.56. The van der Waals surface area contributed by atoms with E-state index in [0.29, 0.717) is 5.39 Å². The fourth-order valence-corrected chi connectivity index (χ4v) is 2.92. The maximum absolute atomic E-state index is 10.9. The van der Waals surface area contributed by atoms with Crippen LogP contribution in [0.15, 0.2) is 36.4 Å². The van der Waals surface area contributed by atoms with Gasteiger partial charge in [0.2, 0.25) is 0 Å². The van der Waals surface area contributed by atoms with Crippen LogP contribution in [0.25, 0.3) is 10.8 Å². The van der Waals surface area contributed by atoms with Crippen LogP contribution in [0.1, 0.15) is 36.0 Å². The lowest BCUT2D eigenvalue weighted by molar-refractivity contribution is 0.0696. The van der Waals surface area contributed by atoms with Gasteiger partial charge in [-0.3, -0.25) is 0 Å². The van der Waals surface area contributed by atoms with Crippen molar-refractivity contribution in [1.82, 2.24) is 5.32 Å². The Balaban J connectivity index is 0.000000186. The SMILES string of the molecule is N[C@H]1CC[C@H](NC(=O)O)CC1.O=C(O)c1c(O)ccc2ccccc12. The summed E-state index contributed by atoms with van der Waals surface area (Å²) >= 11 is 0. The lowest BCUT2D eigenvalue weighted by Crippen LogP contribution is -2.39. The second-order valence-electron chi connectivity index (χ2n) is 6.05. The van der Waals surface area contributed by atoms with E-state index in [1.54, 1.807) is 24.3 Å². The molecule has 2 aromatic rings. The van der Waals surface area contributed by atoms with E-state index in [1.165, 1.54) is 6.07 Å². The molecule has 0 atom stereocenters. The number of carboxylic acid groups (broad SMARTS) is 2. The van der Waals surface area contributed by atoms with Crippen molar-refractivity contribution in [1.29, 1.82) is 0 Å². The second kappa shape index (κ2) is 8.34. The monoisotopic (exact) mass is 346 g/mol. The van der Waals surface area contributed by atoms with Crippen molar-refractivity contribution >= 4 is 22.8 Å². The maximum atomic E-state index is 10.9. The largest absolute Gasteiger partial charge is 0.507 e. The molecule has 1 saturated carbocycles. The summed E-state index contributed by atoms with van der Waals surface area (Å²) in [7, 11) is 0. The maximum Gasteiger partial charge on any atom is 0.404 e. The molecule has 0 radical (unpaired) electrons. The van der Waals surface area contributed by atoms with Crippen LogP contribution in [0.4, 0.5) is 4.79 Å². The number of carbonyl (C=O) groups is 2. The molecule has 0 unspecified atom stereocenters. The standard InChI is InChI=1S/C11H8O3.C7H14N2O2/c12-9-6-5-7-3-1-2-4-8(7)10(9)11(13)14;8-5-1-3-6(4-2-5)9-7(10)11/h1-6,12H,(H,13,14);5-6,9H,1-4,8H2,(H,10,11)/t;5-,6-. The molecule has 2 aromatic carbocycles. The van der Waals surface area contributed by atoms with Gasteiger partial charge in [0.05, 0.1) is 0 Å². The van der Waals surface area contributed by atoms with E-state index in [-0.39, 0.29) is 23.4 Å². The highest BCUT2D eigenvalue weighted by Crippen LogP contribution is 2.26. The van der Waals surface area contributed by atoms with Gasteiger partial charge < -0.3 is 26.4 Å². The predicted molar refractivity (Wildman–Crippen MR) is 94.0 cm³/mol. The number of hydrogen-bond acceptors (Lipinski definition) is 4. The summed E-state index contributed by atoms with van der Waals surface area (Å²) in [6.07, 6.45) is 2.71. The molecular weight excluding hydrogens is 324 g/mol. The molecule has 1 aliphatic rings. The molecule has 3 rings (SSSR count). The van der Waals surface area contributed by atoms with Gasteiger partial charge in [-0.05, 0) is 42.5 Å². The topological polar surface area (TPSA) is 133 Å². The van der Waals surface area contributed by atoms with Gasteiger partial charge in [0, 0.05) is 12.1 Å². The van der Waals surface area contributed by atoms with Crippen LogP contribution >= 0.6 is 0 Å². The summed E-state index contributed by atoms with van der Waals surface area (Å²) in [4.78, 5) is 21.1. The molecule has 0 heterocycles. The molecular formula is C18H22N2O5. The number of amides is 1.